The highest BCUT2D eigenvalue weighted by Crippen LogP contribution is 2.27. The maximum atomic E-state index is 12.0. The second-order valence-corrected chi connectivity index (χ2v) is 6.13. The van der Waals surface area contributed by atoms with Crippen molar-refractivity contribution in [3.63, 3.8) is 0 Å². The van der Waals surface area contributed by atoms with Gasteiger partial charge in [0.05, 0.1) is 5.92 Å². The smallest absolute Gasteiger partial charge is 0.306 e. The van der Waals surface area contributed by atoms with E-state index in [4.69, 9.17) is 5.11 Å². The highest BCUT2D eigenvalue weighted by molar-refractivity contribution is 6.08. The van der Waals surface area contributed by atoms with Crippen LogP contribution in [-0.2, 0) is 14.4 Å². The molecule has 2 aliphatic rings. The van der Waals surface area contributed by atoms with Crippen LogP contribution in [0.4, 0.5) is 5.69 Å². The summed E-state index contributed by atoms with van der Waals surface area (Å²) in [6, 6.07) is 7.47. The number of carbonyl (C=O) groups is 3. The Kier molecular flexibility index (Phi) is 4.32. The quantitative estimate of drug-likeness (QED) is 0.817. The van der Waals surface area contributed by atoms with Crippen LogP contribution in [0.5, 0.6) is 0 Å². The predicted molar refractivity (Wildman–Crippen MR) is 84.4 cm³/mol. The van der Waals surface area contributed by atoms with Gasteiger partial charge >= 0.3 is 5.97 Å². The molecule has 1 atom stereocenters. The van der Waals surface area contributed by atoms with Crippen LogP contribution in [0.25, 0.3) is 0 Å². The van der Waals surface area contributed by atoms with E-state index in [0.29, 0.717) is 38.9 Å². The average molecular weight is 316 g/mol. The predicted octanol–water partition coefficient (Wildman–Crippen LogP) is 1.16. The molecule has 2 aliphatic heterocycles. The van der Waals surface area contributed by atoms with Crippen molar-refractivity contribution in [1.82, 2.24) is 5.32 Å². The zero-order valence-electron chi connectivity index (χ0n) is 12.8. The third-order valence-corrected chi connectivity index (χ3v) is 4.69. The topological polar surface area (TPSA) is 86.7 Å². The average Bonchev–Trinajstić information content (AvgIpc) is 2.55. The molecule has 0 aromatic heterocycles. The molecule has 0 saturated carbocycles. The van der Waals surface area contributed by atoms with Crippen LogP contribution in [0.1, 0.15) is 30.7 Å². The van der Waals surface area contributed by atoms with Crippen molar-refractivity contribution >= 4 is 23.3 Å². The molecule has 0 aliphatic carbocycles. The van der Waals surface area contributed by atoms with Gasteiger partial charge in [0.1, 0.15) is 5.92 Å². The van der Waals surface area contributed by atoms with Crippen LogP contribution in [0, 0.1) is 5.92 Å². The molecule has 1 aromatic carbocycles. The first-order chi connectivity index (χ1) is 11.1. The summed E-state index contributed by atoms with van der Waals surface area (Å²) in [5, 5.41) is 11.8. The molecule has 6 nitrogen and oxygen atoms in total. The van der Waals surface area contributed by atoms with Crippen molar-refractivity contribution < 1.29 is 19.5 Å². The van der Waals surface area contributed by atoms with E-state index < -0.39 is 11.9 Å². The lowest BCUT2D eigenvalue weighted by atomic mass is 9.89. The molecule has 2 heterocycles. The lowest BCUT2D eigenvalue weighted by molar-refractivity contribution is -0.142. The number of benzene rings is 1. The van der Waals surface area contributed by atoms with Gasteiger partial charge in [-0.3, -0.25) is 14.4 Å². The van der Waals surface area contributed by atoms with Gasteiger partial charge in [-0.05, 0) is 30.5 Å². The fraction of sp³-hybridized carbons (Fsp3) is 0.471. The minimum atomic E-state index is -0.721. The SMILES string of the molecule is O=C(O)C1CCN(c2ccc(C3C(=O)CCNC3=O)cc2)CC1. The number of carboxylic acids is 1. The Bertz CT molecular complexity index is 602. The van der Waals surface area contributed by atoms with Crippen LogP contribution in [0.2, 0.25) is 0 Å². The summed E-state index contributed by atoms with van der Waals surface area (Å²) in [5.41, 5.74) is 1.72. The van der Waals surface area contributed by atoms with E-state index in [1.54, 1.807) is 0 Å². The summed E-state index contributed by atoms with van der Waals surface area (Å²) in [6.07, 6.45) is 1.65. The Hall–Kier alpha value is -2.37. The number of anilines is 1. The van der Waals surface area contributed by atoms with Gasteiger partial charge in [0.15, 0.2) is 5.78 Å². The Labute approximate surface area is 134 Å². The molecule has 23 heavy (non-hydrogen) atoms. The third kappa shape index (κ3) is 3.21. The summed E-state index contributed by atoms with van der Waals surface area (Å²) in [5.74, 6) is -1.94. The molecular formula is C17H20N2O4. The van der Waals surface area contributed by atoms with Gasteiger partial charge in [0.25, 0.3) is 0 Å². The fourth-order valence-corrected chi connectivity index (χ4v) is 3.30. The van der Waals surface area contributed by atoms with Gasteiger partial charge in [-0.2, -0.15) is 0 Å². The van der Waals surface area contributed by atoms with Gasteiger partial charge < -0.3 is 15.3 Å². The summed E-state index contributed by atoms with van der Waals surface area (Å²) in [4.78, 5) is 37.0. The van der Waals surface area contributed by atoms with E-state index in [9.17, 15) is 14.4 Å². The first-order valence-corrected chi connectivity index (χ1v) is 7.94. The summed E-state index contributed by atoms with van der Waals surface area (Å²) in [7, 11) is 0. The molecule has 1 aromatic rings. The number of rotatable bonds is 3. The normalized spacial score (nSPS) is 22.8. The van der Waals surface area contributed by atoms with E-state index in [0.717, 1.165) is 11.3 Å². The number of amides is 1. The molecule has 122 valence electrons. The van der Waals surface area contributed by atoms with Crippen molar-refractivity contribution in [1.29, 1.82) is 0 Å². The first kappa shape index (κ1) is 15.5. The van der Waals surface area contributed by atoms with E-state index in [1.807, 2.05) is 24.3 Å². The molecule has 2 saturated heterocycles. The molecule has 0 radical (unpaired) electrons. The van der Waals surface area contributed by atoms with Crippen molar-refractivity contribution in [3.8, 4) is 0 Å². The molecule has 0 spiro atoms. The van der Waals surface area contributed by atoms with Crippen LogP contribution < -0.4 is 10.2 Å². The van der Waals surface area contributed by atoms with E-state index in [1.165, 1.54) is 0 Å². The molecule has 1 amide bonds. The Morgan fingerprint density at radius 2 is 1.78 bits per heavy atom. The number of aliphatic carboxylic acids is 1. The van der Waals surface area contributed by atoms with Gasteiger partial charge in [-0.25, -0.2) is 0 Å². The molecule has 1 unspecified atom stereocenters. The molecular weight excluding hydrogens is 296 g/mol. The largest absolute Gasteiger partial charge is 0.481 e. The van der Waals surface area contributed by atoms with Gasteiger partial charge in [0.2, 0.25) is 5.91 Å². The number of nitrogens with one attached hydrogen (secondary N) is 1. The van der Waals surface area contributed by atoms with Gasteiger partial charge in [-0.15, -0.1) is 0 Å². The van der Waals surface area contributed by atoms with Crippen molar-refractivity contribution in [2.75, 3.05) is 24.5 Å². The van der Waals surface area contributed by atoms with E-state index in [-0.39, 0.29) is 17.6 Å². The summed E-state index contributed by atoms with van der Waals surface area (Å²) >= 11 is 0. The lowest BCUT2D eigenvalue weighted by Gasteiger charge is -2.32. The Morgan fingerprint density at radius 3 is 2.35 bits per heavy atom. The highest BCUT2D eigenvalue weighted by atomic mass is 16.4. The molecule has 2 N–H and O–H groups in total. The number of piperidine rings is 2. The zero-order chi connectivity index (χ0) is 16.4. The molecule has 6 heteroatoms. The van der Waals surface area contributed by atoms with Crippen molar-refractivity contribution in [2.24, 2.45) is 5.92 Å². The number of ketones is 1. The number of nitrogens with zero attached hydrogens (tertiary/aromatic N) is 1. The van der Waals surface area contributed by atoms with Crippen molar-refractivity contribution in [3.05, 3.63) is 29.8 Å². The van der Waals surface area contributed by atoms with Crippen LogP contribution >= 0.6 is 0 Å². The number of Topliss-reactive ketones (excluding diaryl/α,β-unsaturated/α-hetero) is 1. The summed E-state index contributed by atoms with van der Waals surface area (Å²) in [6.45, 7) is 1.84. The fourth-order valence-electron chi connectivity index (χ4n) is 3.30. The minimum absolute atomic E-state index is 0.0382. The Balaban J connectivity index is 1.69. The second kappa shape index (κ2) is 6.40. The van der Waals surface area contributed by atoms with Crippen LogP contribution in [0.3, 0.4) is 0 Å². The second-order valence-electron chi connectivity index (χ2n) is 6.13. The van der Waals surface area contributed by atoms with E-state index in [2.05, 4.69) is 10.2 Å². The zero-order valence-corrected chi connectivity index (χ0v) is 12.8. The number of carbonyl (C=O) groups excluding carboxylic acids is 2. The Morgan fingerprint density at radius 1 is 1.13 bits per heavy atom. The number of carboxylic acid groups (broad SMARTS) is 1. The highest BCUT2D eigenvalue weighted by Gasteiger charge is 2.31. The van der Waals surface area contributed by atoms with E-state index >= 15 is 0 Å². The molecule has 2 fully saturated rings. The maximum absolute atomic E-state index is 12.0. The summed E-state index contributed by atoms with van der Waals surface area (Å²) < 4.78 is 0. The maximum Gasteiger partial charge on any atom is 0.306 e. The van der Waals surface area contributed by atoms with Crippen LogP contribution in [0.15, 0.2) is 24.3 Å². The number of hydrogen-bond acceptors (Lipinski definition) is 4. The lowest BCUT2D eigenvalue weighted by Crippen LogP contribution is -2.41. The van der Waals surface area contributed by atoms with Gasteiger partial charge in [0, 0.05) is 31.7 Å². The van der Waals surface area contributed by atoms with Gasteiger partial charge in [-0.1, -0.05) is 12.1 Å². The standard InChI is InChI=1S/C17H20N2O4/c20-14-5-8-18-16(21)15(14)11-1-3-13(4-2-11)19-9-6-12(7-10-19)17(22)23/h1-4,12,15H,5-10H2,(H,18,21)(H,22,23). The van der Waals surface area contributed by atoms with Crippen molar-refractivity contribution in [2.45, 2.75) is 25.2 Å². The third-order valence-electron chi connectivity index (χ3n) is 4.69. The minimum Gasteiger partial charge on any atom is -0.481 e. The number of hydrogen-bond donors (Lipinski definition) is 2. The molecule has 3 rings (SSSR count). The first-order valence-electron chi connectivity index (χ1n) is 7.94. The molecule has 0 bridgehead atoms. The monoisotopic (exact) mass is 316 g/mol. The van der Waals surface area contributed by atoms with Crippen LogP contribution in [-0.4, -0.2) is 42.4 Å².